The number of fused-ring (bicyclic) bond motifs is 1. The Morgan fingerprint density at radius 3 is 2.91 bits per heavy atom. The molecule has 2 aromatic rings. The number of para-hydroxylation sites is 1. The van der Waals surface area contributed by atoms with E-state index < -0.39 is 12.0 Å². The van der Waals surface area contributed by atoms with Gasteiger partial charge in [0, 0.05) is 29.9 Å². The lowest BCUT2D eigenvalue weighted by molar-refractivity contribution is -0.145. The second-order valence-electron chi connectivity index (χ2n) is 5.03. The molecule has 1 atom stereocenters. The van der Waals surface area contributed by atoms with Gasteiger partial charge in [0.15, 0.2) is 0 Å². The zero-order valence-corrected chi connectivity index (χ0v) is 12.6. The van der Waals surface area contributed by atoms with Crippen molar-refractivity contribution in [3.05, 3.63) is 48.7 Å². The number of H-pyrrole nitrogens is 1. The predicted molar refractivity (Wildman–Crippen MR) is 85.4 cm³/mol. The van der Waals surface area contributed by atoms with E-state index in [0.717, 1.165) is 16.5 Å². The molecular weight excluding hydrogens is 280 g/mol. The van der Waals surface area contributed by atoms with Crippen LogP contribution in [0.1, 0.15) is 18.4 Å². The number of hydrogen-bond donors (Lipinski definition) is 2. The van der Waals surface area contributed by atoms with Gasteiger partial charge in [0.05, 0.1) is 7.11 Å². The summed E-state index contributed by atoms with van der Waals surface area (Å²) < 4.78 is 4.79. The number of carbonyl (C=O) groups is 2. The second-order valence-corrected chi connectivity index (χ2v) is 5.03. The monoisotopic (exact) mass is 300 g/mol. The SMILES string of the molecule is C=CCCC(=O)N[C@H](Cc1c[nH]c2ccccc12)C(=O)OC. The van der Waals surface area contributed by atoms with Crippen molar-refractivity contribution in [1.82, 2.24) is 10.3 Å². The molecule has 2 N–H and O–H groups in total. The van der Waals surface area contributed by atoms with Gasteiger partial charge in [-0.25, -0.2) is 4.79 Å². The molecule has 0 saturated carbocycles. The Hall–Kier alpha value is -2.56. The van der Waals surface area contributed by atoms with Crippen molar-refractivity contribution in [2.75, 3.05) is 7.11 Å². The van der Waals surface area contributed by atoms with Gasteiger partial charge in [-0.15, -0.1) is 6.58 Å². The number of carbonyl (C=O) groups excluding carboxylic acids is 2. The highest BCUT2D eigenvalue weighted by atomic mass is 16.5. The molecule has 116 valence electrons. The molecule has 1 aromatic heterocycles. The summed E-state index contributed by atoms with van der Waals surface area (Å²) in [5, 5.41) is 3.77. The van der Waals surface area contributed by atoms with Gasteiger partial charge in [0.1, 0.15) is 6.04 Å². The Morgan fingerprint density at radius 2 is 2.18 bits per heavy atom. The Morgan fingerprint density at radius 1 is 1.41 bits per heavy atom. The number of methoxy groups -OCH3 is 1. The van der Waals surface area contributed by atoms with Gasteiger partial charge in [0.25, 0.3) is 0 Å². The molecule has 5 heteroatoms. The molecule has 0 unspecified atom stereocenters. The fourth-order valence-electron chi connectivity index (χ4n) is 2.36. The summed E-state index contributed by atoms with van der Waals surface area (Å²) >= 11 is 0. The van der Waals surface area contributed by atoms with Gasteiger partial charge < -0.3 is 15.0 Å². The Kier molecular flexibility index (Phi) is 5.36. The molecule has 1 aromatic carbocycles. The zero-order chi connectivity index (χ0) is 15.9. The van der Waals surface area contributed by atoms with E-state index in [-0.39, 0.29) is 5.91 Å². The molecule has 0 bridgehead atoms. The molecule has 0 spiro atoms. The third-order valence-corrected chi connectivity index (χ3v) is 3.50. The van der Waals surface area contributed by atoms with E-state index >= 15 is 0 Å². The number of rotatable bonds is 7. The van der Waals surface area contributed by atoms with Crippen LogP contribution in [0.2, 0.25) is 0 Å². The van der Waals surface area contributed by atoms with Crippen LogP contribution in [0.15, 0.2) is 43.1 Å². The molecule has 0 saturated heterocycles. The number of allylic oxidation sites excluding steroid dienone is 1. The van der Waals surface area contributed by atoms with Crippen LogP contribution in [-0.4, -0.2) is 30.0 Å². The highest BCUT2D eigenvalue weighted by Crippen LogP contribution is 2.19. The third kappa shape index (κ3) is 3.75. The number of hydrogen-bond acceptors (Lipinski definition) is 3. The van der Waals surface area contributed by atoms with Crippen LogP contribution < -0.4 is 5.32 Å². The first-order chi connectivity index (χ1) is 10.7. The topological polar surface area (TPSA) is 71.2 Å². The Bertz CT molecular complexity index is 675. The van der Waals surface area contributed by atoms with Crippen LogP contribution in [0.4, 0.5) is 0 Å². The number of esters is 1. The van der Waals surface area contributed by atoms with Crippen LogP contribution in [0, 0.1) is 0 Å². The van der Waals surface area contributed by atoms with Crippen LogP contribution in [0.25, 0.3) is 10.9 Å². The predicted octanol–water partition coefficient (Wildman–Crippen LogP) is 2.33. The van der Waals surface area contributed by atoms with Crippen LogP contribution in [0.3, 0.4) is 0 Å². The largest absolute Gasteiger partial charge is 0.467 e. The number of ether oxygens (including phenoxy) is 1. The van der Waals surface area contributed by atoms with Crippen molar-refractivity contribution in [2.45, 2.75) is 25.3 Å². The molecule has 22 heavy (non-hydrogen) atoms. The van der Waals surface area contributed by atoms with Crippen molar-refractivity contribution in [3.63, 3.8) is 0 Å². The summed E-state index contributed by atoms with van der Waals surface area (Å²) in [6, 6.07) is 7.14. The highest BCUT2D eigenvalue weighted by molar-refractivity contribution is 5.87. The molecule has 0 aliphatic carbocycles. The fourth-order valence-corrected chi connectivity index (χ4v) is 2.36. The summed E-state index contributed by atoms with van der Waals surface area (Å²) in [5.41, 5.74) is 1.97. The average molecular weight is 300 g/mol. The smallest absolute Gasteiger partial charge is 0.328 e. The summed E-state index contributed by atoms with van der Waals surface area (Å²) in [7, 11) is 1.32. The lowest BCUT2D eigenvalue weighted by Gasteiger charge is -2.16. The molecule has 1 amide bonds. The number of benzene rings is 1. The summed E-state index contributed by atoms with van der Waals surface area (Å²) in [6.07, 6.45) is 4.80. The van der Waals surface area contributed by atoms with Crippen LogP contribution in [0.5, 0.6) is 0 Å². The van der Waals surface area contributed by atoms with Crippen molar-refractivity contribution in [1.29, 1.82) is 0 Å². The third-order valence-electron chi connectivity index (χ3n) is 3.50. The molecule has 0 aliphatic heterocycles. The first-order valence-electron chi connectivity index (χ1n) is 7.18. The first-order valence-corrected chi connectivity index (χ1v) is 7.18. The Balaban J connectivity index is 2.14. The van der Waals surface area contributed by atoms with E-state index in [2.05, 4.69) is 16.9 Å². The van der Waals surface area contributed by atoms with Crippen molar-refractivity contribution >= 4 is 22.8 Å². The van der Waals surface area contributed by atoms with E-state index in [1.165, 1.54) is 7.11 Å². The molecular formula is C17H20N2O3. The minimum atomic E-state index is -0.693. The van der Waals surface area contributed by atoms with Gasteiger partial charge in [0.2, 0.25) is 5.91 Å². The highest BCUT2D eigenvalue weighted by Gasteiger charge is 2.22. The zero-order valence-electron chi connectivity index (χ0n) is 12.6. The van der Waals surface area contributed by atoms with E-state index in [1.807, 2.05) is 30.5 Å². The minimum absolute atomic E-state index is 0.185. The maximum absolute atomic E-state index is 11.9. The molecule has 0 aliphatic rings. The summed E-state index contributed by atoms with van der Waals surface area (Å²) in [5.74, 6) is -0.632. The maximum atomic E-state index is 11.9. The molecule has 0 radical (unpaired) electrons. The van der Waals surface area contributed by atoms with E-state index in [1.54, 1.807) is 6.08 Å². The number of amides is 1. The molecule has 2 rings (SSSR count). The van der Waals surface area contributed by atoms with Crippen molar-refractivity contribution in [2.24, 2.45) is 0 Å². The van der Waals surface area contributed by atoms with E-state index in [4.69, 9.17) is 4.74 Å². The summed E-state index contributed by atoms with van der Waals surface area (Å²) in [4.78, 5) is 26.9. The van der Waals surface area contributed by atoms with Gasteiger partial charge in [-0.05, 0) is 18.1 Å². The number of aromatic amines is 1. The van der Waals surface area contributed by atoms with E-state index in [0.29, 0.717) is 19.3 Å². The maximum Gasteiger partial charge on any atom is 0.328 e. The van der Waals surface area contributed by atoms with E-state index in [9.17, 15) is 9.59 Å². The summed E-state index contributed by atoms with van der Waals surface area (Å²) in [6.45, 7) is 3.58. The minimum Gasteiger partial charge on any atom is -0.467 e. The molecule has 0 fully saturated rings. The normalized spacial score (nSPS) is 11.9. The molecule has 1 heterocycles. The second kappa shape index (κ2) is 7.45. The van der Waals surface area contributed by atoms with Crippen molar-refractivity contribution in [3.8, 4) is 0 Å². The standard InChI is InChI=1S/C17H20N2O3/c1-3-4-9-16(20)19-15(17(21)22-2)10-12-11-18-14-8-6-5-7-13(12)14/h3,5-8,11,15,18H,1,4,9-10H2,2H3,(H,19,20)/t15-/m1/s1. The fraction of sp³-hybridized carbons (Fsp3) is 0.294. The quantitative estimate of drug-likeness (QED) is 0.609. The Labute approximate surface area is 129 Å². The van der Waals surface area contributed by atoms with Gasteiger partial charge in [-0.2, -0.15) is 0 Å². The van der Waals surface area contributed by atoms with Gasteiger partial charge in [-0.3, -0.25) is 4.79 Å². The first kappa shape index (κ1) is 15.8. The lowest BCUT2D eigenvalue weighted by atomic mass is 10.0. The van der Waals surface area contributed by atoms with Crippen LogP contribution in [-0.2, 0) is 20.7 Å². The average Bonchev–Trinajstić information content (AvgIpc) is 2.94. The van der Waals surface area contributed by atoms with Gasteiger partial charge >= 0.3 is 5.97 Å². The van der Waals surface area contributed by atoms with Crippen molar-refractivity contribution < 1.29 is 14.3 Å². The lowest BCUT2D eigenvalue weighted by Crippen LogP contribution is -2.42. The van der Waals surface area contributed by atoms with Gasteiger partial charge in [-0.1, -0.05) is 24.3 Å². The number of aromatic nitrogens is 1. The van der Waals surface area contributed by atoms with Crippen LogP contribution >= 0.6 is 0 Å². The number of nitrogens with one attached hydrogen (secondary N) is 2. The molecule has 5 nitrogen and oxygen atoms in total.